The number of hydrogen-bond donors (Lipinski definition) is 1. The Morgan fingerprint density at radius 1 is 1.32 bits per heavy atom. The number of halogens is 1. The summed E-state index contributed by atoms with van der Waals surface area (Å²) in [6.45, 7) is 4.81. The molecule has 0 radical (unpaired) electrons. The molecule has 0 aromatic carbocycles. The molecule has 124 valence electrons. The zero-order valence-corrected chi connectivity index (χ0v) is 14.2. The van der Waals surface area contributed by atoms with Crippen molar-refractivity contribution >= 4 is 23.8 Å². The van der Waals surface area contributed by atoms with Crippen molar-refractivity contribution in [1.82, 2.24) is 9.91 Å². The van der Waals surface area contributed by atoms with E-state index in [1.807, 2.05) is 20.1 Å². The lowest BCUT2D eigenvalue weighted by Gasteiger charge is -2.50. The van der Waals surface area contributed by atoms with Gasteiger partial charge in [-0.05, 0) is 37.5 Å². The zero-order chi connectivity index (χ0) is 15.9. The highest BCUT2D eigenvalue weighted by molar-refractivity contribution is 6.20. The molecule has 1 atom stereocenters. The standard InChI is InChI=1S/C16H26ClN3O2/c1-11(2)16(22)9-19(10-16)15(21)20-14(7-8-18-20)12-3-5-13(17)6-4-12/h8,11-14,22H,3-7,9-10H2,1-2H3/t12?,13?,14-/m0/s1. The molecule has 5 nitrogen and oxygen atoms in total. The Morgan fingerprint density at radius 2 is 1.95 bits per heavy atom. The fraction of sp³-hybridized carbons (Fsp3) is 0.875. The second-order valence-corrected chi connectivity index (χ2v) is 7.97. The first-order valence-electron chi connectivity index (χ1n) is 8.38. The summed E-state index contributed by atoms with van der Waals surface area (Å²) >= 11 is 6.18. The molecule has 3 aliphatic rings. The third-order valence-corrected chi connectivity index (χ3v) is 6.02. The number of hydrazone groups is 1. The second-order valence-electron chi connectivity index (χ2n) is 7.35. The minimum absolute atomic E-state index is 0.0583. The van der Waals surface area contributed by atoms with Crippen LogP contribution < -0.4 is 0 Å². The van der Waals surface area contributed by atoms with Crippen molar-refractivity contribution in [3.63, 3.8) is 0 Å². The maximum atomic E-state index is 12.7. The van der Waals surface area contributed by atoms with E-state index >= 15 is 0 Å². The lowest BCUT2D eigenvalue weighted by atomic mass is 9.82. The van der Waals surface area contributed by atoms with Crippen molar-refractivity contribution in [3.8, 4) is 0 Å². The SMILES string of the molecule is CC(C)C1(O)CN(C(=O)N2N=CC[C@H]2C2CCC(Cl)CC2)C1. The molecule has 1 aliphatic carbocycles. The van der Waals surface area contributed by atoms with E-state index < -0.39 is 5.60 Å². The lowest BCUT2D eigenvalue weighted by Crippen LogP contribution is -2.68. The Bertz CT molecular complexity index is 454. The Morgan fingerprint density at radius 3 is 2.55 bits per heavy atom. The topological polar surface area (TPSA) is 56.1 Å². The summed E-state index contributed by atoms with van der Waals surface area (Å²) in [5.41, 5.74) is -0.731. The minimum Gasteiger partial charge on any atom is -0.386 e. The molecule has 22 heavy (non-hydrogen) atoms. The molecule has 0 aromatic rings. The number of nitrogens with zero attached hydrogens (tertiary/aromatic N) is 3. The van der Waals surface area contributed by atoms with Crippen LogP contribution in [-0.4, -0.2) is 57.4 Å². The molecule has 2 heterocycles. The number of rotatable bonds is 2. The van der Waals surface area contributed by atoms with Crippen LogP contribution in [0, 0.1) is 11.8 Å². The van der Waals surface area contributed by atoms with Gasteiger partial charge in [0.1, 0.15) is 5.60 Å². The van der Waals surface area contributed by atoms with Crippen LogP contribution in [0.3, 0.4) is 0 Å². The Kier molecular flexibility index (Phi) is 4.38. The van der Waals surface area contributed by atoms with Crippen molar-refractivity contribution in [3.05, 3.63) is 0 Å². The molecular formula is C16H26ClN3O2. The Hall–Kier alpha value is -0.810. The molecule has 1 N–H and O–H groups in total. The number of urea groups is 1. The maximum Gasteiger partial charge on any atom is 0.340 e. The summed E-state index contributed by atoms with van der Waals surface area (Å²) in [4.78, 5) is 14.4. The van der Waals surface area contributed by atoms with Crippen LogP contribution in [0.1, 0.15) is 46.0 Å². The second kappa shape index (κ2) is 6.00. The fourth-order valence-electron chi connectivity index (χ4n) is 3.74. The van der Waals surface area contributed by atoms with Crippen LogP contribution in [0.5, 0.6) is 0 Å². The van der Waals surface area contributed by atoms with E-state index in [2.05, 4.69) is 5.10 Å². The van der Waals surface area contributed by atoms with E-state index in [0.717, 1.165) is 32.1 Å². The smallest absolute Gasteiger partial charge is 0.340 e. The summed E-state index contributed by atoms with van der Waals surface area (Å²) in [6, 6.07) is 0.112. The Balaban J connectivity index is 1.59. The number of carbonyl (C=O) groups is 1. The van der Waals surface area contributed by atoms with Crippen molar-refractivity contribution in [2.24, 2.45) is 16.9 Å². The molecule has 1 saturated heterocycles. The monoisotopic (exact) mass is 327 g/mol. The first kappa shape index (κ1) is 16.1. The number of alkyl halides is 1. The van der Waals surface area contributed by atoms with Crippen LogP contribution in [0.25, 0.3) is 0 Å². The quantitative estimate of drug-likeness (QED) is 0.793. The molecule has 2 aliphatic heterocycles. The third-order valence-electron chi connectivity index (χ3n) is 5.58. The largest absolute Gasteiger partial charge is 0.386 e. The van der Waals surface area contributed by atoms with Crippen molar-refractivity contribution in [2.45, 2.75) is 63.0 Å². The summed E-state index contributed by atoms with van der Waals surface area (Å²) in [7, 11) is 0. The van der Waals surface area contributed by atoms with Gasteiger partial charge in [0.25, 0.3) is 0 Å². The van der Waals surface area contributed by atoms with E-state index in [-0.39, 0.29) is 18.0 Å². The van der Waals surface area contributed by atoms with Gasteiger partial charge in [-0.3, -0.25) is 0 Å². The molecule has 0 bridgehead atoms. The van der Waals surface area contributed by atoms with Gasteiger partial charge in [-0.15, -0.1) is 11.6 Å². The van der Waals surface area contributed by atoms with E-state index in [1.165, 1.54) is 0 Å². The number of β-amino-alcohol motifs (C(OH)–C–C–N with tert-alkyl or cyclic N) is 1. The normalized spacial score (nSPS) is 34.1. The minimum atomic E-state index is -0.731. The van der Waals surface area contributed by atoms with Crippen molar-refractivity contribution in [1.29, 1.82) is 0 Å². The molecule has 2 fully saturated rings. The van der Waals surface area contributed by atoms with Crippen LogP contribution in [0.15, 0.2) is 5.10 Å². The van der Waals surface area contributed by atoms with E-state index in [9.17, 15) is 9.90 Å². The molecule has 0 spiro atoms. The molecule has 6 heteroatoms. The van der Waals surface area contributed by atoms with Gasteiger partial charge < -0.3 is 10.0 Å². The van der Waals surface area contributed by atoms with Crippen LogP contribution in [0.4, 0.5) is 4.79 Å². The lowest BCUT2D eigenvalue weighted by molar-refractivity contribution is -0.113. The number of aliphatic hydroxyl groups is 1. The predicted molar refractivity (Wildman–Crippen MR) is 87.1 cm³/mol. The molecule has 0 aromatic heterocycles. The summed E-state index contributed by atoms with van der Waals surface area (Å²) < 4.78 is 0. The van der Waals surface area contributed by atoms with E-state index in [4.69, 9.17) is 11.6 Å². The first-order chi connectivity index (χ1) is 10.4. The molecule has 3 rings (SSSR count). The zero-order valence-electron chi connectivity index (χ0n) is 13.4. The highest BCUT2D eigenvalue weighted by atomic mass is 35.5. The summed E-state index contributed by atoms with van der Waals surface area (Å²) in [5.74, 6) is 0.653. The van der Waals surface area contributed by atoms with Gasteiger partial charge >= 0.3 is 6.03 Å². The van der Waals surface area contributed by atoms with Gasteiger partial charge in [0.2, 0.25) is 0 Å². The average molecular weight is 328 g/mol. The average Bonchev–Trinajstić information content (AvgIpc) is 2.93. The van der Waals surface area contributed by atoms with Gasteiger partial charge in [-0.2, -0.15) is 5.10 Å². The fourth-order valence-corrected chi connectivity index (χ4v) is 3.99. The molecular weight excluding hydrogens is 302 g/mol. The third kappa shape index (κ3) is 2.85. The highest BCUT2D eigenvalue weighted by Crippen LogP contribution is 2.36. The number of hydrogen-bond acceptors (Lipinski definition) is 3. The summed E-state index contributed by atoms with van der Waals surface area (Å²) in [5, 5.41) is 16.6. The molecule has 0 unspecified atom stereocenters. The van der Waals surface area contributed by atoms with E-state index in [0.29, 0.717) is 24.4 Å². The van der Waals surface area contributed by atoms with Crippen LogP contribution in [0.2, 0.25) is 0 Å². The Labute approximate surface area is 137 Å². The van der Waals surface area contributed by atoms with E-state index in [1.54, 1.807) is 9.91 Å². The number of amides is 2. The predicted octanol–water partition coefficient (Wildman–Crippen LogP) is 2.67. The molecule has 2 amide bonds. The van der Waals surface area contributed by atoms with Crippen molar-refractivity contribution in [2.75, 3.05) is 13.1 Å². The van der Waals surface area contributed by atoms with Crippen LogP contribution in [-0.2, 0) is 0 Å². The van der Waals surface area contributed by atoms with Gasteiger partial charge in [0, 0.05) is 18.0 Å². The first-order valence-corrected chi connectivity index (χ1v) is 8.81. The highest BCUT2D eigenvalue weighted by Gasteiger charge is 2.48. The molecule has 1 saturated carbocycles. The number of likely N-dealkylation sites (tertiary alicyclic amines) is 1. The van der Waals surface area contributed by atoms with Crippen molar-refractivity contribution < 1.29 is 9.90 Å². The summed E-state index contributed by atoms with van der Waals surface area (Å²) in [6.07, 6.45) is 6.89. The van der Waals surface area contributed by atoms with Gasteiger partial charge in [-0.25, -0.2) is 9.80 Å². The van der Waals surface area contributed by atoms with Gasteiger partial charge in [-0.1, -0.05) is 13.8 Å². The van der Waals surface area contributed by atoms with Crippen LogP contribution >= 0.6 is 11.6 Å². The van der Waals surface area contributed by atoms with Gasteiger partial charge in [0.15, 0.2) is 0 Å². The maximum absolute atomic E-state index is 12.7. The van der Waals surface area contributed by atoms with Gasteiger partial charge in [0.05, 0.1) is 19.1 Å². The number of carbonyl (C=O) groups excluding carboxylic acids is 1.